The highest BCUT2D eigenvalue weighted by atomic mass is 35.5. The smallest absolute Gasteiger partial charge is 0.287 e. The number of halogens is 1. The minimum atomic E-state index is -3.93. The first-order valence-electron chi connectivity index (χ1n) is 6.55. The molecule has 5 N–H and O–H groups in total. The fourth-order valence-electron chi connectivity index (χ4n) is 2.51. The van der Waals surface area contributed by atoms with Gasteiger partial charge >= 0.3 is 0 Å². The lowest BCUT2D eigenvalue weighted by Gasteiger charge is -2.30. The van der Waals surface area contributed by atoms with Gasteiger partial charge in [-0.1, -0.05) is 12.8 Å². The molecule has 0 aliphatic heterocycles. The first kappa shape index (κ1) is 18.0. The van der Waals surface area contributed by atoms with Gasteiger partial charge in [0.2, 0.25) is 5.09 Å². The summed E-state index contributed by atoms with van der Waals surface area (Å²) in [6.45, 7) is 0.519. The molecule has 1 saturated carbocycles. The van der Waals surface area contributed by atoms with Gasteiger partial charge in [-0.15, -0.1) is 12.4 Å². The SMILES string of the molecule is Cl.NCC1CCCCC1NC(=O)c1ccc(S(N)(=O)=O)o1. The van der Waals surface area contributed by atoms with Gasteiger partial charge in [0.25, 0.3) is 15.9 Å². The lowest BCUT2D eigenvalue weighted by atomic mass is 9.84. The first-order chi connectivity index (χ1) is 9.41. The summed E-state index contributed by atoms with van der Waals surface area (Å²) in [6.07, 6.45) is 4.02. The van der Waals surface area contributed by atoms with Crippen molar-refractivity contribution in [2.24, 2.45) is 16.8 Å². The normalized spacial score (nSPS) is 22.4. The molecule has 1 aliphatic carbocycles. The van der Waals surface area contributed by atoms with Gasteiger partial charge < -0.3 is 15.5 Å². The van der Waals surface area contributed by atoms with E-state index in [9.17, 15) is 13.2 Å². The van der Waals surface area contributed by atoms with E-state index in [1.807, 2.05) is 0 Å². The van der Waals surface area contributed by atoms with Crippen molar-refractivity contribution in [3.8, 4) is 0 Å². The fraction of sp³-hybridized carbons (Fsp3) is 0.583. The number of amides is 1. The summed E-state index contributed by atoms with van der Waals surface area (Å²) >= 11 is 0. The molecule has 2 unspecified atom stereocenters. The first-order valence-corrected chi connectivity index (χ1v) is 8.10. The molecule has 1 aliphatic rings. The third kappa shape index (κ3) is 4.44. The Morgan fingerprint density at radius 1 is 1.33 bits per heavy atom. The van der Waals surface area contributed by atoms with E-state index < -0.39 is 21.0 Å². The Kier molecular flexibility index (Phi) is 6.21. The molecular weight excluding hydrogens is 318 g/mol. The molecule has 7 nitrogen and oxygen atoms in total. The number of nitrogens with one attached hydrogen (secondary N) is 1. The maximum absolute atomic E-state index is 12.0. The van der Waals surface area contributed by atoms with Gasteiger partial charge in [0.1, 0.15) is 0 Å². The Hall–Kier alpha value is -1.09. The molecule has 0 radical (unpaired) electrons. The van der Waals surface area contributed by atoms with E-state index in [0.717, 1.165) is 25.7 Å². The van der Waals surface area contributed by atoms with Crippen LogP contribution in [0.1, 0.15) is 36.2 Å². The molecule has 0 bridgehead atoms. The molecule has 1 aromatic rings. The van der Waals surface area contributed by atoms with Gasteiger partial charge in [0, 0.05) is 6.04 Å². The standard InChI is InChI=1S/C12H19N3O4S.ClH/c13-7-8-3-1-2-4-9(8)15-12(16)10-5-6-11(19-10)20(14,17)18;/h5-6,8-9H,1-4,7,13H2,(H,15,16)(H2,14,17,18);1H. The molecule has 0 aromatic carbocycles. The molecule has 21 heavy (non-hydrogen) atoms. The summed E-state index contributed by atoms with van der Waals surface area (Å²) in [7, 11) is -3.93. The third-order valence-corrected chi connectivity index (χ3v) is 4.39. The van der Waals surface area contributed by atoms with Crippen LogP contribution in [-0.2, 0) is 10.0 Å². The van der Waals surface area contributed by atoms with Crippen LogP contribution in [0.3, 0.4) is 0 Å². The Morgan fingerprint density at radius 2 is 2.00 bits per heavy atom. The minimum Gasteiger partial charge on any atom is -0.438 e. The van der Waals surface area contributed by atoms with Crippen LogP contribution in [-0.4, -0.2) is 26.9 Å². The second kappa shape index (κ2) is 7.26. The number of rotatable bonds is 4. The zero-order chi connectivity index (χ0) is 14.8. The molecule has 1 heterocycles. The van der Waals surface area contributed by atoms with Gasteiger partial charge in [0.15, 0.2) is 5.76 Å². The highest BCUT2D eigenvalue weighted by Gasteiger charge is 2.27. The number of hydrogen-bond donors (Lipinski definition) is 3. The number of furan rings is 1. The maximum Gasteiger partial charge on any atom is 0.287 e. The monoisotopic (exact) mass is 337 g/mol. The second-order valence-corrected chi connectivity index (χ2v) is 6.52. The highest BCUT2D eigenvalue weighted by molar-refractivity contribution is 7.89. The number of nitrogens with two attached hydrogens (primary N) is 2. The molecule has 2 atom stereocenters. The zero-order valence-corrected chi connectivity index (χ0v) is 13.1. The van der Waals surface area contributed by atoms with E-state index in [4.69, 9.17) is 15.3 Å². The van der Waals surface area contributed by atoms with Crippen LogP contribution in [0.2, 0.25) is 0 Å². The van der Waals surface area contributed by atoms with E-state index in [-0.39, 0.29) is 30.1 Å². The minimum absolute atomic E-state index is 0. The average molecular weight is 338 g/mol. The molecule has 0 spiro atoms. The maximum atomic E-state index is 12.0. The van der Waals surface area contributed by atoms with Crippen molar-refractivity contribution >= 4 is 28.3 Å². The summed E-state index contributed by atoms with van der Waals surface area (Å²) in [6, 6.07) is 2.48. The van der Waals surface area contributed by atoms with Crippen LogP contribution in [0.25, 0.3) is 0 Å². The number of sulfonamides is 1. The van der Waals surface area contributed by atoms with Crippen LogP contribution in [0.15, 0.2) is 21.6 Å². The number of hydrogen-bond acceptors (Lipinski definition) is 5. The quantitative estimate of drug-likeness (QED) is 0.740. The number of primary sulfonamides is 1. The van der Waals surface area contributed by atoms with Gasteiger partial charge in [0.05, 0.1) is 0 Å². The van der Waals surface area contributed by atoms with Crippen molar-refractivity contribution in [2.45, 2.75) is 36.8 Å². The van der Waals surface area contributed by atoms with Crippen LogP contribution in [0, 0.1) is 5.92 Å². The van der Waals surface area contributed by atoms with E-state index in [2.05, 4.69) is 5.32 Å². The van der Waals surface area contributed by atoms with E-state index in [1.165, 1.54) is 12.1 Å². The largest absolute Gasteiger partial charge is 0.438 e. The van der Waals surface area contributed by atoms with Crippen LogP contribution in [0.5, 0.6) is 0 Å². The van der Waals surface area contributed by atoms with Gasteiger partial charge in [-0.3, -0.25) is 4.79 Å². The lowest BCUT2D eigenvalue weighted by molar-refractivity contribution is 0.0874. The second-order valence-electron chi connectivity index (χ2n) is 5.02. The lowest BCUT2D eigenvalue weighted by Crippen LogP contribution is -2.44. The molecule has 1 amide bonds. The summed E-state index contributed by atoms with van der Waals surface area (Å²) in [5, 5.41) is 7.37. The molecule has 120 valence electrons. The van der Waals surface area contributed by atoms with Crippen LogP contribution < -0.4 is 16.2 Å². The average Bonchev–Trinajstić information content (AvgIpc) is 2.89. The Balaban J connectivity index is 0.00000220. The summed E-state index contributed by atoms with van der Waals surface area (Å²) in [4.78, 5) is 12.0. The van der Waals surface area contributed by atoms with Crippen LogP contribution in [0.4, 0.5) is 0 Å². The molecule has 9 heteroatoms. The van der Waals surface area contributed by atoms with Crippen molar-refractivity contribution < 1.29 is 17.6 Å². The third-order valence-electron chi connectivity index (χ3n) is 3.61. The Bertz CT molecular complexity index is 587. The van der Waals surface area contributed by atoms with Gasteiger partial charge in [-0.2, -0.15) is 0 Å². The van der Waals surface area contributed by atoms with Gasteiger partial charge in [-0.05, 0) is 37.4 Å². The zero-order valence-electron chi connectivity index (χ0n) is 11.4. The summed E-state index contributed by atoms with van der Waals surface area (Å²) in [5.41, 5.74) is 5.70. The predicted octanol–water partition coefficient (Wildman–Crippen LogP) is 0.596. The molecular formula is C12H20ClN3O4S. The molecule has 1 fully saturated rings. The van der Waals surface area contributed by atoms with Crippen molar-refractivity contribution in [1.82, 2.24) is 5.32 Å². The Morgan fingerprint density at radius 3 is 2.57 bits per heavy atom. The predicted molar refractivity (Wildman–Crippen MR) is 79.6 cm³/mol. The molecule has 2 rings (SSSR count). The van der Waals surface area contributed by atoms with E-state index >= 15 is 0 Å². The van der Waals surface area contributed by atoms with Crippen molar-refractivity contribution in [3.63, 3.8) is 0 Å². The van der Waals surface area contributed by atoms with E-state index in [1.54, 1.807) is 0 Å². The van der Waals surface area contributed by atoms with Crippen molar-refractivity contribution in [2.75, 3.05) is 6.54 Å². The van der Waals surface area contributed by atoms with Gasteiger partial charge in [-0.25, -0.2) is 13.6 Å². The van der Waals surface area contributed by atoms with Crippen molar-refractivity contribution in [3.05, 3.63) is 17.9 Å². The highest BCUT2D eigenvalue weighted by Crippen LogP contribution is 2.24. The van der Waals surface area contributed by atoms with E-state index in [0.29, 0.717) is 6.54 Å². The van der Waals surface area contributed by atoms with Crippen LogP contribution >= 0.6 is 12.4 Å². The molecule has 0 saturated heterocycles. The molecule has 1 aromatic heterocycles. The summed E-state index contributed by atoms with van der Waals surface area (Å²) in [5.74, 6) is -0.249. The Labute approximate surface area is 129 Å². The number of carbonyl (C=O) groups excluding carboxylic acids is 1. The number of carbonyl (C=O) groups is 1. The van der Waals surface area contributed by atoms with Crippen molar-refractivity contribution in [1.29, 1.82) is 0 Å². The summed E-state index contributed by atoms with van der Waals surface area (Å²) < 4.78 is 27.1. The fourth-order valence-corrected chi connectivity index (χ4v) is 2.98. The topological polar surface area (TPSA) is 128 Å².